The number of carbonyl (C=O) groups excluding carboxylic acids is 10. The van der Waals surface area contributed by atoms with Gasteiger partial charge in [-0.05, 0) is 25.7 Å². The van der Waals surface area contributed by atoms with Crippen LogP contribution in [0.3, 0.4) is 0 Å². The summed E-state index contributed by atoms with van der Waals surface area (Å²) in [5.41, 5.74) is 0. The van der Waals surface area contributed by atoms with Crippen molar-refractivity contribution >= 4 is 59.4 Å². The molecule has 1 N–H and O–H groups in total. The summed E-state index contributed by atoms with van der Waals surface area (Å²) in [7, 11) is 9.53. The Kier molecular flexibility index (Phi) is 62.7. The van der Waals surface area contributed by atoms with Crippen molar-refractivity contribution in [3.8, 4) is 0 Å². The van der Waals surface area contributed by atoms with Crippen LogP contribution in [-0.4, -0.2) is 274 Å². The molecule has 0 aromatic rings. The maximum Gasteiger partial charge on any atom is 0.534 e. The van der Waals surface area contributed by atoms with Crippen molar-refractivity contribution in [3.05, 3.63) is 0 Å². The van der Waals surface area contributed by atoms with Crippen LogP contribution in [-0.2, 0) is 129 Å². The van der Waals surface area contributed by atoms with E-state index < -0.39 is 59.6 Å². The maximum absolute atomic E-state index is 11.9. The summed E-state index contributed by atoms with van der Waals surface area (Å²) in [6, 6.07) is 0. The van der Waals surface area contributed by atoms with Crippen molar-refractivity contribution in [2.75, 3.05) is 181 Å². The predicted molar refractivity (Wildman–Crippen MR) is 324 cm³/mol. The maximum atomic E-state index is 11.9. The normalized spacial score (nSPS) is 14.4. The second kappa shape index (κ2) is 62.0. The van der Waals surface area contributed by atoms with Crippen LogP contribution < -0.4 is 5.32 Å². The van der Waals surface area contributed by atoms with E-state index in [0.29, 0.717) is 147 Å². The van der Waals surface area contributed by atoms with Gasteiger partial charge in [-0.15, -0.1) is 10.1 Å². The second-order valence-corrected chi connectivity index (χ2v) is 18.9. The smallest absolute Gasteiger partial charge is 0.430 e. The Morgan fingerprint density at radius 2 is 0.659 bits per heavy atom. The van der Waals surface area contributed by atoms with E-state index in [4.69, 9.17) is 80.7 Å². The number of ether oxygens (including phenoxy) is 15. The van der Waals surface area contributed by atoms with Crippen molar-refractivity contribution in [2.45, 2.75) is 144 Å². The molecule has 0 aromatic carbocycles. The summed E-state index contributed by atoms with van der Waals surface area (Å²) in [6.45, 7) is 8.42. The van der Waals surface area contributed by atoms with Crippen molar-refractivity contribution in [2.24, 2.45) is 0 Å². The quantitative estimate of drug-likeness (QED) is 0.0515. The SMILES string of the molecule is C.C.C.C.COCCOCC(COC(=O)ON1C(=O)CCC1=O)OCCOC.COCCOCC(COCCCCCCC(=O)ON1C(=O)CCC1=O)OCCOC.COCCOCC(COCCCNC(=O)CCCC(=O)ON1C(=O)CCC1=O)OCCOC. The van der Waals surface area contributed by atoms with Gasteiger partial charge in [-0.3, -0.25) is 38.4 Å². The third kappa shape index (κ3) is 48.0. The first kappa shape index (κ1) is 92.0. The standard InChI is InChI=1S/C21H36N2O10.C20H35NO9.C14H23NO9.4CH4/c1-28-11-13-31-16-17(32-14-12-29-2)15-30-10-4-9-22-18(24)5-3-6-21(27)33-23-19(25)7-8-20(23)26;1-25-11-13-28-16-17(29-14-12-26-2)15-27-10-6-4-3-5-7-20(24)30-21-18(22)8-9-19(21)23;1-19-5-7-21-9-11(22-8-6-20-2)10-23-14(18)24-15-12(16)3-4-13(15)17;;;;/h17H,3-16H2,1-2H3,(H,22,24);17H,3-16H2,1-2H3;11H,3-10H2,1-2H3;4*1H4. The zero-order valence-corrected chi connectivity index (χ0v) is 51.5. The first-order valence-corrected chi connectivity index (χ1v) is 28.9. The largest absolute Gasteiger partial charge is 0.534 e. The molecule has 0 aliphatic carbocycles. The molecule has 91 heavy (non-hydrogen) atoms. The fourth-order valence-electron chi connectivity index (χ4n) is 7.07. The van der Waals surface area contributed by atoms with Gasteiger partial charge in [-0.1, -0.05) is 47.6 Å². The third-order valence-electron chi connectivity index (χ3n) is 11.7. The molecular weight excluding hydrogens is 1210 g/mol. The second-order valence-electron chi connectivity index (χ2n) is 18.9. The summed E-state index contributed by atoms with van der Waals surface area (Å²) >= 11 is 0. The Hall–Kier alpha value is -5.46. The van der Waals surface area contributed by atoms with E-state index in [2.05, 4.69) is 10.2 Å². The van der Waals surface area contributed by atoms with E-state index >= 15 is 0 Å². The molecule has 0 aromatic heterocycles. The molecule has 0 radical (unpaired) electrons. The van der Waals surface area contributed by atoms with Gasteiger partial charge in [0.25, 0.3) is 35.4 Å². The Balaban J connectivity index is -0.000000617. The Morgan fingerprint density at radius 1 is 0.352 bits per heavy atom. The number of hydrogen-bond acceptors (Lipinski definition) is 28. The average molecular weight is 1320 g/mol. The number of carbonyl (C=O) groups is 10. The van der Waals surface area contributed by atoms with Crippen LogP contribution in [0, 0.1) is 0 Å². The minimum Gasteiger partial charge on any atom is -0.430 e. The first-order chi connectivity index (χ1) is 42.1. The number of methoxy groups -OCH3 is 6. The number of hydroxylamine groups is 6. The number of hydrogen-bond donors (Lipinski definition) is 1. The van der Waals surface area contributed by atoms with Crippen molar-refractivity contribution in [1.82, 2.24) is 20.5 Å². The Labute approximate surface area is 537 Å². The molecule has 3 fully saturated rings. The van der Waals surface area contributed by atoms with Gasteiger partial charge in [0.2, 0.25) is 5.91 Å². The van der Waals surface area contributed by atoms with Gasteiger partial charge in [0.1, 0.15) is 24.9 Å². The number of rotatable bonds is 51. The van der Waals surface area contributed by atoms with Crippen LogP contribution in [0.4, 0.5) is 4.79 Å². The summed E-state index contributed by atoms with van der Waals surface area (Å²) < 4.78 is 78.8. The lowest BCUT2D eigenvalue weighted by molar-refractivity contribution is -0.197. The van der Waals surface area contributed by atoms with Crippen molar-refractivity contribution in [3.63, 3.8) is 0 Å². The van der Waals surface area contributed by atoms with E-state index in [0.717, 1.165) is 19.3 Å². The number of unbranched alkanes of at least 4 members (excludes halogenated alkanes) is 3. The highest BCUT2D eigenvalue weighted by molar-refractivity contribution is 6.02. The van der Waals surface area contributed by atoms with Crippen LogP contribution >= 0.6 is 0 Å². The molecule has 32 heteroatoms. The van der Waals surface area contributed by atoms with E-state index in [9.17, 15) is 47.9 Å². The summed E-state index contributed by atoms with van der Waals surface area (Å²) in [5.74, 6) is -4.60. The van der Waals surface area contributed by atoms with Crippen LogP contribution in [0.1, 0.15) is 126 Å². The summed E-state index contributed by atoms with van der Waals surface area (Å²) in [6.07, 6.45) is 2.54. The molecule has 3 aliphatic heterocycles. The number of imide groups is 3. The molecule has 0 spiro atoms. The van der Waals surface area contributed by atoms with Crippen LogP contribution in [0.5, 0.6) is 0 Å². The molecule has 3 aliphatic rings. The highest BCUT2D eigenvalue weighted by atomic mass is 16.8. The minimum atomic E-state index is -1.16. The van der Waals surface area contributed by atoms with Crippen LogP contribution in [0.2, 0.25) is 0 Å². The molecule has 534 valence electrons. The van der Waals surface area contributed by atoms with Gasteiger partial charge < -0.3 is 86.0 Å². The Bertz CT molecular complexity index is 1890. The fourth-order valence-corrected chi connectivity index (χ4v) is 7.07. The molecule has 3 unspecified atom stereocenters. The lowest BCUT2D eigenvalue weighted by atomic mass is 10.1. The molecule has 0 saturated carbocycles. The molecule has 3 rings (SSSR count). The molecule has 3 heterocycles. The summed E-state index contributed by atoms with van der Waals surface area (Å²) in [5, 5.41) is 4.25. The lowest BCUT2D eigenvalue weighted by Crippen LogP contribution is -2.34. The summed E-state index contributed by atoms with van der Waals surface area (Å²) in [4.78, 5) is 129. The molecule has 0 bridgehead atoms. The monoisotopic (exact) mass is 1320 g/mol. The third-order valence-corrected chi connectivity index (χ3v) is 11.7. The highest BCUT2D eigenvalue weighted by Crippen LogP contribution is 2.16. The van der Waals surface area contributed by atoms with Crippen LogP contribution in [0.25, 0.3) is 0 Å². The van der Waals surface area contributed by atoms with Gasteiger partial charge in [-0.2, -0.15) is 0 Å². The van der Waals surface area contributed by atoms with Gasteiger partial charge in [-0.25, -0.2) is 14.4 Å². The molecule has 3 saturated heterocycles. The predicted octanol–water partition coefficient (Wildman–Crippen LogP) is 3.68. The molecule has 3 atom stereocenters. The zero-order valence-electron chi connectivity index (χ0n) is 51.5. The average Bonchev–Trinajstić information content (AvgIpc) is 2.02. The molecule has 32 nitrogen and oxygen atoms in total. The number of nitrogens with one attached hydrogen (secondary N) is 1. The van der Waals surface area contributed by atoms with E-state index in [1.807, 2.05) is 0 Å². The van der Waals surface area contributed by atoms with E-state index in [1.54, 1.807) is 35.5 Å². The molecular formula is C59H110N4O28. The topological polar surface area (TPSA) is 359 Å². The van der Waals surface area contributed by atoms with Gasteiger partial charge in [0, 0.05) is 120 Å². The fraction of sp³-hybridized carbons (Fsp3) is 0.831. The van der Waals surface area contributed by atoms with Gasteiger partial charge in [0.05, 0.1) is 112 Å². The number of amides is 7. The Morgan fingerprint density at radius 3 is 1.03 bits per heavy atom. The van der Waals surface area contributed by atoms with Crippen molar-refractivity contribution in [1.29, 1.82) is 0 Å². The van der Waals surface area contributed by atoms with Crippen molar-refractivity contribution < 1.29 is 134 Å². The van der Waals surface area contributed by atoms with Gasteiger partial charge >= 0.3 is 18.1 Å². The minimum absolute atomic E-state index is 0. The van der Waals surface area contributed by atoms with Gasteiger partial charge in [0.15, 0.2) is 0 Å². The highest BCUT2D eigenvalue weighted by Gasteiger charge is 2.35. The zero-order chi connectivity index (χ0) is 64.1. The van der Waals surface area contributed by atoms with Crippen LogP contribution in [0.15, 0.2) is 0 Å². The number of nitrogens with zero attached hydrogens (tertiary/aromatic N) is 3. The van der Waals surface area contributed by atoms with E-state index in [1.165, 1.54) is 7.11 Å². The molecule has 7 amide bonds. The first-order valence-electron chi connectivity index (χ1n) is 28.9. The lowest BCUT2D eigenvalue weighted by Gasteiger charge is -2.18. The van der Waals surface area contributed by atoms with E-state index in [-0.39, 0.29) is 132 Å².